The number of halogens is 3. The highest BCUT2D eigenvalue weighted by molar-refractivity contribution is 7.89. The highest BCUT2D eigenvalue weighted by Gasteiger charge is 2.20. The number of methoxy groups -OCH3 is 1. The van der Waals surface area contributed by atoms with Gasteiger partial charge in [-0.1, -0.05) is 30.1 Å². The molecule has 0 spiro atoms. The second-order valence-electron chi connectivity index (χ2n) is 4.06. The summed E-state index contributed by atoms with van der Waals surface area (Å²) >= 11 is 11.9. The summed E-state index contributed by atoms with van der Waals surface area (Å²) in [4.78, 5) is -0.0551. The normalized spacial score (nSPS) is 11.0. The Bertz CT molecular complexity index is 553. The number of hydrogen-bond acceptors (Lipinski definition) is 4. The molecule has 122 valence electrons. The van der Waals surface area contributed by atoms with E-state index < -0.39 is 10.0 Å². The fourth-order valence-electron chi connectivity index (χ4n) is 1.53. The molecule has 0 heterocycles. The molecule has 0 bridgehead atoms. The molecule has 21 heavy (non-hydrogen) atoms. The van der Waals surface area contributed by atoms with Crippen LogP contribution in [0.3, 0.4) is 0 Å². The van der Waals surface area contributed by atoms with Crippen LogP contribution >= 0.6 is 35.6 Å². The summed E-state index contributed by atoms with van der Waals surface area (Å²) in [6.45, 7) is 3.71. The topological polar surface area (TPSA) is 67.4 Å². The summed E-state index contributed by atoms with van der Waals surface area (Å²) in [6.07, 6.45) is 0.993. The minimum Gasteiger partial charge on any atom is -0.495 e. The van der Waals surface area contributed by atoms with Crippen molar-refractivity contribution in [3.8, 4) is 5.75 Å². The van der Waals surface area contributed by atoms with Crippen LogP contribution in [-0.4, -0.2) is 35.2 Å². The summed E-state index contributed by atoms with van der Waals surface area (Å²) in [6, 6.07) is 2.66. The summed E-state index contributed by atoms with van der Waals surface area (Å²) in [7, 11) is -2.25. The molecule has 0 aliphatic rings. The largest absolute Gasteiger partial charge is 0.495 e. The summed E-state index contributed by atoms with van der Waals surface area (Å²) in [5.41, 5.74) is 0. The van der Waals surface area contributed by atoms with Crippen molar-refractivity contribution in [3.63, 3.8) is 0 Å². The lowest BCUT2D eigenvalue weighted by molar-refractivity contribution is 0.414. The molecule has 1 rings (SSSR count). The van der Waals surface area contributed by atoms with E-state index >= 15 is 0 Å². The molecule has 0 atom stereocenters. The van der Waals surface area contributed by atoms with Gasteiger partial charge in [0.25, 0.3) is 0 Å². The van der Waals surface area contributed by atoms with Crippen LogP contribution in [0.4, 0.5) is 0 Å². The van der Waals surface area contributed by atoms with Crippen molar-refractivity contribution in [3.05, 3.63) is 22.2 Å². The van der Waals surface area contributed by atoms with Crippen molar-refractivity contribution in [1.82, 2.24) is 10.0 Å². The number of ether oxygens (including phenoxy) is 1. The van der Waals surface area contributed by atoms with Crippen LogP contribution < -0.4 is 14.8 Å². The molecule has 0 saturated carbocycles. The van der Waals surface area contributed by atoms with Crippen LogP contribution in [0.2, 0.25) is 10.0 Å². The van der Waals surface area contributed by atoms with Gasteiger partial charge < -0.3 is 10.1 Å². The van der Waals surface area contributed by atoms with E-state index in [-0.39, 0.29) is 33.9 Å². The first-order valence-corrected chi connectivity index (χ1v) is 8.39. The molecule has 0 saturated heterocycles. The van der Waals surface area contributed by atoms with Crippen molar-refractivity contribution in [2.45, 2.75) is 18.2 Å². The van der Waals surface area contributed by atoms with Crippen molar-refractivity contribution in [1.29, 1.82) is 0 Å². The summed E-state index contributed by atoms with van der Waals surface area (Å²) < 4.78 is 31.7. The van der Waals surface area contributed by atoms with Crippen molar-refractivity contribution in [2.75, 3.05) is 26.7 Å². The van der Waals surface area contributed by atoms with E-state index in [0.29, 0.717) is 12.3 Å². The number of rotatable bonds is 8. The summed E-state index contributed by atoms with van der Waals surface area (Å²) in [5, 5.41) is 3.36. The third-order valence-electron chi connectivity index (χ3n) is 2.52. The van der Waals surface area contributed by atoms with E-state index in [1.165, 1.54) is 19.2 Å². The van der Waals surface area contributed by atoms with Crippen LogP contribution in [0.1, 0.15) is 13.3 Å². The van der Waals surface area contributed by atoms with E-state index in [1.54, 1.807) is 0 Å². The average molecular weight is 378 g/mol. The molecule has 0 unspecified atom stereocenters. The molecule has 9 heteroatoms. The standard InChI is InChI=1S/C12H18Cl2N2O3S.ClH/c1-3-4-15-5-6-16-20(17,18)12-8-9(13)11(19-2)7-10(12)14;/h7-8,15-16H,3-6H2,1-2H3;1H. The molecular weight excluding hydrogens is 359 g/mol. The van der Waals surface area contributed by atoms with Gasteiger partial charge in [0.05, 0.1) is 17.2 Å². The first-order chi connectivity index (χ1) is 9.42. The second kappa shape index (κ2) is 9.71. The van der Waals surface area contributed by atoms with Crippen LogP contribution in [0.5, 0.6) is 5.75 Å². The molecule has 2 N–H and O–H groups in total. The molecule has 0 aliphatic carbocycles. The van der Waals surface area contributed by atoms with E-state index in [0.717, 1.165) is 13.0 Å². The Kier molecular flexibility index (Phi) is 9.60. The smallest absolute Gasteiger partial charge is 0.242 e. The molecule has 1 aromatic carbocycles. The zero-order valence-corrected chi connectivity index (χ0v) is 14.9. The van der Waals surface area contributed by atoms with Gasteiger partial charge in [0, 0.05) is 19.2 Å². The molecule has 0 amide bonds. The predicted molar refractivity (Wildman–Crippen MR) is 88.6 cm³/mol. The molecular formula is C12H19Cl3N2O3S. The maximum absolute atomic E-state index is 12.1. The maximum Gasteiger partial charge on any atom is 0.242 e. The van der Waals surface area contributed by atoms with E-state index in [9.17, 15) is 8.42 Å². The Morgan fingerprint density at radius 1 is 1.14 bits per heavy atom. The highest BCUT2D eigenvalue weighted by Crippen LogP contribution is 2.33. The van der Waals surface area contributed by atoms with Gasteiger partial charge in [-0.2, -0.15) is 0 Å². The second-order valence-corrected chi connectivity index (χ2v) is 6.61. The van der Waals surface area contributed by atoms with Gasteiger partial charge in [-0.3, -0.25) is 0 Å². The highest BCUT2D eigenvalue weighted by atomic mass is 35.5. The SMILES string of the molecule is CCCNCCNS(=O)(=O)c1cc(Cl)c(OC)cc1Cl.Cl. The van der Waals surface area contributed by atoms with Gasteiger partial charge >= 0.3 is 0 Å². The molecule has 0 radical (unpaired) electrons. The van der Waals surface area contributed by atoms with Crippen LogP contribution in [0.15, 0.2) is 17.0 Å². The summed E-state index contributed by atoms with van der Waals surface area (Å²) in [5.74, 6) is 0.334. The van der Waals surface area contributed by atoms with Gasteiger partial charge in [0.1, 0.15) is 10.6 Å². The maximum atomic E-state index is 12.1. The number of sulfonamides is 1. The van der Waals surface area contributed by atoms with Crippen LogP contribution in [0.25, 0.3) is 0 Å². The lowest BCUT2D eigenvalue weighted by Crippen LogP contribution is -2.32. The fourth-order valence-corrected chi connectivity index (χ4v) is 3.40. The van der Waals surface area contributed by atoms with Crippen LogP contribution in [-0.2, 0) is 10.0 Å². The molecule has 1 aromatic rings. The van der Waals surface area contributed by atoms with Gasteiger partial charge in [-0.05, 0) is 19.0 Å². The minimum atomic E-state index is -3.69. The number of hydrogen-bond donors (Lipinski definition) is 2. The zero-order valence-electron chi connectivity index (χ0n) is 11.8. The Morgan fingerprint density at radius 2 is 1.81 bits per heavy atom. The molecule has 0 fully saturated rings. The Labute approximate surface area is 141 Å². The van der Waals surface area contributed by atoms with Gasteiger partial charge in [0.2, 0.25) is 10.0 Å². The third kappa shape index (κ3) is 6.18. The molecule has 0 aromatic heterocycles. The van der Waals surface area contributed by atoms with Crippen LogP contribution in [0, 0.1) is 0 Å². The number of nitrogens with one attached hydrogen (secondary N) is 2. The lowest BCUT2D eigenvalue weighted by Gasteiger charge is -2.11. The minimum absolute atomic E-state index is 0. The molecule has 0 aliphatic heterocycles. The zero-order chi connectivity index (χ0) is 15.2. The van der Waals surface area contributed by atoms with Crippen molar-refractivity contribution < 1.29 is 13.2 Å². The van der Waals surface area contributed by atoms with E-state index in [2.05, 4.69) is 10.0 Å². The number of benzene rings is 1. The Balaban J connectivity index is 0.00000400. The Hall–Kier alpha value is -0.240. The van der Waals surface area contributed by atoms with Gasteiger partial charge in [-0.25, -0.2) is 13.1 Å². The van der Waals surface area contributed by atoms with Crippen molar-refractivity contribution >= 4 is 45.6 Å². The van der Waals surface area contributed by atoms with Gasteiger partial charge in [-0.15, -0.1) is 12.4 Å². The first kappa shape index (κ1) is 20.8. The average Bonchev–Trinajstić information content (AvgIpc) is 2.40. The molecule has 5 nitrogen and oxygen atoms in total. The lowest BCUT2D eigenvalue weighted by atomic mass is 10.3. The fraction of sp³-hybridized carbons (Fsp3) is 0.500. The third-order valence-corrected chi connectivity index (χ3v) is 4.74. The predicted octanol–water partition coefficient (Wildman–Crippen LogP) is 2.70. The Morgan fingerprint density at radius 3 is 2.38 bits per heavy atom. The van der Waals surface area contributed by atoms with Crippen molar-refractivity contribution in [2.24, 2.45) is 0 Å². The quantitative estimate of drug-likeness (QED) is 0.684. The van der Waals surface area contributed by atoms with E-state index in [1.807, 2.05) is 6.92 Å². The first-order valence-electron chi connectivity index (χ1n) is 6.15. The van der Waals surface area contributed by atoms with Gasteiger partial charge in [0.15, 0.2) is 0 Å². The van der Waals surface area contributed by atoms with E-state index in [4.69, 9.17) is 27.9 Å². The monoisotopic (exact) mass is 376 g/mol.